The summed E-state index contributed by atoms with van der Waals surface area (Å²) in [6, 6.07) is -0.502. The van der Waals surface area contributed by atoms with Crippen LogP contribution in [0.25, 0.3) is 0 Å². The molecule has 4 nitrogen and oxygen atoms in total. The summed E-state index contributed by atoms with van der Waals surface area (Å²) in [5.74, 6) is -0.839. The molecule has 0 radical (unpaired) electrons. The average molecular weight is 158 g/mol. The van der Waals surface area contributed by atoms with Crippen LogP contribution in [0.1, 0.15) is 6.42 Å². The van der Waals surface area contributed by atoms with E-state index in [2.05, 4.69) is 5.32 Å². The molecule has 0 spiro atoms. The van der Waals surface area contributed by atoms with Crippen LogP contribution in [0, 0.1) is 0 Å². The third-order valence-electron chi connectivity index (χ3n) is 1.32. The number of nitrogens with one attached hydrogen (secondary N) is 1. The van der Waals surface area contributed by atoms with E-state index in [0.717, 1.165) is 0 Å². The van der Waals surface area contributed by atoms with Gasteiger partial charge >= 0.3 is 5.97 Å². The van der Waals surface area contributed by atoms with E-state index in [1.165, 1.54) is 0 Å². The van der Waals surface area contributed by atoms with E-state index in [9.17, 15) is 4.79 Å². The van der Waals surface area contributed by atoms with Crippen molar-refractivity contribution in [3.8, 4) is 0 Å². The minimum atomic E-state index is -0.839. The van der Waals surface area contributed by atoms with Crippen molar-refractivity contribution < 1.29 is 9.90 Å². The van der Waals surface area contributed by atoms with E-state index in [4.69, 9.17) is 10.8 Å². The quantitative estimate of drug-likeness (QED) is 0.474. The number of nitrogens with two attached hydrogens (primary N) is 1. The van der Waals surface area contributed by atoms with Crippen LogP contribution in [0.2, 0.25) is 0 Å². The fraction of sp³-hybridized carbons (Fsp3) is 0.571. The maximum atomic E-state index is 10.4. The topological polar surface area (TPSA) is 75.3 Å². The molecule has 0 heterocycles. The molecule has 0 aliphatic carbocycles. The van der Waals surface area contributed by atoms with Crippen LogP contribution in [0.5, 0.6) is 0 Å². The van der Waals surface area contributed by atoms with Gasteiger partial charge in [0.25, 0.3) is 0 Å². The molecule has 0 saturated heterocycles. The second-order valence-corrected chi connectivity index (χ2v) is 2.12. The Morgan fingerprint density at radius 2 is 2.36 bits per heavy atom. The van der Waals surface area contributed by atoms with Crippen molar-refractivity contribution in [1.82, 2.24) is 5.32 Å². The molecule has 0 rings (SSSR count). The first-order chi connectivity index (χ1) is 5.22. The van der Waals surface area contributed by atoms with Crippen LogP contribution in [-0.4, -0.2) is 30.7 Å². The van der Waals surface area contributed by atoms with Crippen molar-refractivity contribution in [3.63, 3.8) is 0 Å². The lowest BCUT2D eigenvalue weighted by Crippen LogP contribution is -2.33. The second kappa shape index (κ2) is 5.88. The first-order valence-electron chi connectivity index (χ1n) is 3.47. The molecule has 64 valence electrons. The molecule has 0 unspecified atom stereocenters. The SMILES string of the molecule is CN[C@@H](C/C=C/CN)C(=O)O. The smallest absolute Gasteiger partial charge is 0.321 e. The van der Waals surface area contributed by atoms with Crippen molar-refractivity contribution in [2.45, 2.75) is 12.5 Å². The highest BCUT2D eigenvalue weighted by atomic mass is 16.4. The summed E-state index contributed by atoms with van der Waals surface area (Å²) in [6.45, 7) is 0.454. The highest BCUT2D eigenvalue weighted by molar-refractivity contribution is 5.73. The monoisotopic (exact) mass is 158 g/mol. The molecule has 1 atom stereocenters. The van der Waals surface area contributed by atoms with Crippen molar-refractivity contribution in [2.75, 3.05) is 13.6 Å². The Bertz CT molecular complexity index is 145. The van der Waals surface area contributed by atoms with Gasteiger partial charge in [-0.2, -0.15) is 0 Å². The molecule has 0 aliphatic rings. The van der Waals surface area contributed by atoms with E-state index >= 15 is 0 Å². The van der Waals surface area contributed by atoms with E-state index in [1.54, 1.807) is 19.2 Å². The molecule has 0 aromatic carbocycles. The van der Waals surface area contributed by atoms with Gasteiger partial charge in [0.1, 0.15) is 6.04 Å². The minimum Gasteiger partial charge on any atom is -0.480 e. The normalized spacial score (nSPS) is 13.6. The number of hydrogen-bond donors (Lipinski definition) is 3. The number of aliphatic carboxylic acids is 1. The molecule has 11 heavy (non-hydrogen) atoms. The molecule has 4 heteroatoms. The Morgan fingerprint density at radius 3 is 2.73 bits per heavy atom. The number of hydrogen-bond acceptors (Lipinski definition) is 3. The van der Waals surface area contributed by atoms with E-state index in [0.29, 0.717) is 13.0 Å². The zero-order chi connectivity index (χ0) is 8.69. The van der Waals surface area contributed by atoms with Crippen LogP contribution >= 0.6 is 0 Å². The zero-order valence-electron chi connectivity index (χ0n) is 6.58. The summed E-state index contributed by atoms with van der Waals surface area (Å²) >= 11 is 0. The number of carboxylic acid groups (broad SMARTS) is 1. The minimum absolute atomic E-state index is 0.454. The van der Waals surface area contributed by atoms with E-state index in [1.807, 2.05) is 0 Å². The Balaban J connectivity index is 3.69. The lowest BCUT2D eigenvalue weighted by Gasteiger charge is -2.06. The van der Waals surface area contributed by atoms with E-state index in [-0.39, 0.29) is 0 Å². The maximum absolute atomic E-state index is 10.4. The summed E-state index contributed by atoms with van der Waals surface area (Å²) in [7, 11) is 1.62. The average Bonchev–Trinajstić information content (AvgIpc) is 1.97. The summed E-state index contributed by atoms with van der Waals surface area (Å²) in [5, 5.41) is 11.2. The molecular formula is C7H14N2O2. The Kier molecular flexibility index (Phi) is 5.42. The number of carboxylic acids is 1. The van der Waals surface area contributed by atoms with Crippen molar-refractivity contribution >= 4 is 5.97 Å². The molecule has 0 fully saturated rings. The van der Waals surface area contributed by atoms with Gasteiger partial charge in [-0.05, 0) is 13.5 Å². The lowest BCUT2D eigenvalue weighted by atomic mass is 10.2. The van der Waals surface area contributed by atoms with Gasteiger partial charge in [-0.25, -0.2) is 0 Å². The van der Waals surface area contributed by atoms with Gasteiger partial charge in [0.15, 0.2) is 0 Å². The molecule has 0 bridgehead atoms. The number of likely N-dealkylation sites (N-methyl/N-ethyl adjacent to an activating group) is 1. The van der Waals surface area contributed by atoms with E-state index < -0.39 is 12.0 Å². The van der Waals surface area contributed by atoms with Gasteiger partial charge in [-0.3, -0.25) is 4.79 Å². The van der Waals surface area contributed by atoms with Crippen LogP contribution in [-0.2, 0) is 4.79 Å². The summed E-state index contributed by atoms with van der Waals surface area (Å²) in [6.07, 6.45) is 3.98. The summed E-state index contributed by atoms with van der Waals surface area (Å²) < 4.78 is 0. The largest absolute Gasteiger partial charge is 0.480 e. The van der Waals surface area contributed by atoms with Crippen LogP contribution in [0.4, 0.5) is 0 Å². The van der Waals surface area contributed by atoms with Gasteiger partial charge in [0.2, 0.25) is 0 Å². The van der Waals surface area contributed by atoms with Gasteiger partial charge in [-0.1, -0.05) is 12.2 Å². The lowest BCUT2D eigenvalue weighted by molar-refractivity contribution is -0.139. The predicted octanol–water partition coefficient (Wildman–Crippen LogP) is -0.436. The highest BCUT2D eigenvalue weighted by Gasteiger charge is 2.11. The van der Waals surface area contributed by atoms with Crippen molar-refractivity contribution in [1.29, 1.82) is 0 Å². The molecule has 0 aliphatic heterocycles. The predicted molar refractivity (Wildman–Crippen MR) is 43.3 cm³/mol. The second-order valence-electron chi connectivity index (χ2n) is 2.12. The van der Waals surface area contributed by atoms with Crippen LogP contribution in [0.15, 0.2) is 12.2 Å². The first kappa shape index (κ1) is 10.1. The number of rotatable bonds is 5. The first-order valence-corrected chi connectivity index (χ1v) is 3.47. The molecular weight excluding hydrogens is 144 g/mol. The van der Waals surface area contributed by atoms with Crippen LogP contribution < -0.4 is 11.1 Å². The van der Waals surface area contributed by atoms with Gasteiger partial charge < -0.3 is 16.2 Å². The fourth-order valence-corrected chi connectivity index (χ4v) is 0.671. The zero-order valence-corrected chi connectivity index (χ0v) is 6.58. The molecule has 0 aromatic rings. The fourth-order valence-electron chi connectivity index (χ4n) is 0.671. The Labute approximate surface area is 66.1 Å². The standard InChI is InChI=1S/C7H14N2O2/c1-9-6(7(10)11)4-2-3-5-8/h2-3,6,9H,4-5,8H2,1H3,(H,10,11)/b3-2+/t6-/m0/s1. The molecule has 4 N–H and O–H groups in total. The summed E-state index contributed by atoms with van der Waals surface area (Å²) in [5.41, 5.74) is 5.18. The Morgan fingerprint density at radius 1 is 1.73 bits per heavy atom. The van der Waals surface area contributed by atoms with Gasteiger partial charge in [0, 0.05) is 6.54 Å². The van der Waals surface area contributed by atoms with Crippen LogP contribution in [0.3, 0.4) is 0 Å². The molecule has 0 amide bonds. The van der Waals surface area contributed by atoms with Crippen molar-refractivity contribution in [3.05, 3.63) is 12.2 Å². The highest BCUT2D eigenvalue weighted by Crippen LogP contribution is 1.92. The Hall–Kier alpha value is -0.870. The van der Waals surface area contributed by atoms with Gasteiger partial charge in [-0.15, -0.1) is 0 Å². The van der Waals surface area contributed by atoms with Gasteiger partial charge in [0.05, 0.1) is 0 Å². The maximum Gasteiger partial charge on any atom is 0.321 e. The summed E-state index contributed by atoms with van der Waals surface area (Å²) in [4.78, 5) is 10.4. The molecule has 0 aromatic heterocycles. The third-order valence-corrected chi connectivity index (χ3v) is 1.32. The molecule has 0 saturated carbocycles. The number of carbonyl (C=O) groups is 1. The van der Waals surface area contributed by atoms with Crippen molar-refractivity contribution in [2.24, 2.45) is 5.73 Å². The third kappa shape index (κ3) is 4.52.